The summed E-state index contributed by atoms with van der Waals surface area (Å²) in [5, 5.41) is 0. The van der Waals surface area contributed by atoms with E-state index in [0.717, 1.165) is 12.0 Å². The van der Waals surface area contributed by atoms with E-state index in [4.69, 9.17) is 10.5 Å². The van der Waals surface area contributed by atoms with Crippen LogP contribution in [0.2, 0.25) is 0 Å². The van der Waals surface area contributed by atoms with Crippen molar-refractivity contribution in [2.75, 3.05) is 17.7 Å². The number of methoxy groups -OCH3 is 1. The van der Waals surface area contributed by atoms with Crippen LogP contribution in [0.15, 0.2) is 58.1 Å². The number of carbonyl (C=O) groups excluding carboxylic acids is 1. The number of aromatic nitrogens is 2. The molecule has 168 valence electrons. The predicted octanol–water partition coefficient (Wildman–Crippen LogP) is 3.08. The van der Waals surface area contributed by atoms with E-state index < -0.39 is 17.2 Å². The lowest BCUT2D eigenvalue weighted by Crippen LogP contribution is -2.41. The standard InChI is InChI=1S/C24H28N4O4/c1-4-5-14-27-21(25)20(22(29)26-24(27)31)28(15-18-8-6-7-9-19(18)32-3)23(30)17-12-10-16(2)11-13-17/h6-13H,4-5,14-15,25H2,1-3H3,(H,26,29,31). The van der Waals surface area contributed by atoms with Crippen LogP contribution in [0.1, 0.15) is 41.3 Å². The molecular weight excluding hydrogens is 408 g/mol. The number of amides is 1. The number of H-pyrrole nitrogens is 1. The first-order chi connectivity index (χ1) is 15.4. The Kier molecular flexibility index (Phi) is 7.14. The maximum Gasteiger partial charge on any atom is 0.330 e. The fraction of sp³-hybridized carbons (Fsp3) is 0.292. The summed E-state index contributed by atoms with van der Waals surface area (Å²) in [4.78, 5) is 42.5. The van der Waals surface area contributed by atoms with Gasteiger partial charge >= 0.3 is 5.69 Å². The number of hydrogen-bond acceptors (Lipinski definition) is 5. The number of aryl methyl sites for hydroxylation is 1. The van der Waals surface area contributed by atoms with Crippen LogP contribution in [0, 0.1) is 6.92 Å². The van der Waals surface area contributed by atoms with E-state index >= 15 is 0 Å². The van der Waals surface area contributed by atoms with Crippen LogP contribution in [0.4, 0.5) is 11.5 Å². The van der Waals surface area contributed by atoms with Gasteiger partial charge in [-0.25, -0.2) is 4.79 Å². The van der Waals surface area contributed by atoms with Crippen molar-refractivity contribution in [2.45, 2.75) is 39.8 Å². The Morgan fingerprint density at radius 3 is 2.47 bits per heavy atom. The molecule has 0 atom stereocenters. The van der Waals surface area contributed by atoms with Gasteiger partial charge < -0.3 is 10.5 Å². The second-order valence-corrected chi connectivity index (χ2v) is 7.57. The minimum absolute atomic E-state index is 0.0377. The fourth-order valence-corrected chi connectivity index (χ4v) is 3.48. The summed E-state index contributed by atoms with van der Waals surface area (Å²) in [5.41, 5.74) is 7.04. The van der Waals surface area contributed by atoms with E-state index in [2.05, 4.69) is 4.98 Å². The normalized spacial score (nSPS) is 10.7. The van der Waals surface area contributed by atoms with Crippen molar-refractivity contribution in [3.8, 4) is 5.75 Å². The highest BCUT2D eigenvalue weighted by Gasteiger charge is 2.26. The second kappa shape index (κ2) is 10.00. The van der Waals surface area contributed by atoms with E-state index in [9.17, 15) is 14.4 Å². The Hall–Kier alpha value is -3.81. The van der Waals surface area contributed by atoms with Crippen LogP contribution in [0.5, 0.6) is 5.75 Å². The van der Waals surface area contributed by atoms with Gasteiger partial charge in [-0.3, -0.25) is 24.0 Å². The molecule has 0 unspecified atom stereocenters. The number of rotatable bonds is 8. The summed E-state index contributed by atoms with van der Waals surface area (Å²) in [7, 11) is 1.54. The quantitative estimate of drug-likeness (QED) is 0.564. The summed E-state index contributed by atoms with van der Waals surface area (Å²) in [6, 6.07) is 14.3. The number of nitrogens with two attached hydrogens (primary N) is 1. The van der Waals surface area contributed by atoms with Crippen LogP contribution in [-0.2, 0) is 13.1 Å². The lowest BCUT2D eigenvalue weighted by molar-refractivity contribution is 0.0984. The van der Waals surface area contributed by atoms with Crippen molar-refractivity contribution >= 4 is 17.4 Å². The molecule has 1 heterocycles. The van der Waals surface area contributed by atoms with Crippen LogP contribution in [-0.4, -0.2) is 22.6 Å². The molecule has 0 bridgehead atoms. The number of para-hydroxylation sites is 1. The minimum Gasteiger partial charge on any atom is -0.496 e. The third-order valence-corrected chi connectivity index (χ3v) is 5.28. The lowest BCUT2D eigenvalue weighted by atomic mass is 10.1. The number of carbonyl (C=O) groups is 1. The molecule has 0 aliphatic heterocycles. The first-order valence-corrected chi connectivity index (χ1v) is 10.5. The van der Waals surface area contributed by atoms with Gasteiger partial charge in [-0.05, 0) is 31.5 Å². The molecule has 1 amide bonds. The number of benzene rings is 2. The first-order valence-electron chi connectivity index (χ1n) is 10.5. The molecule has 8 nitrogen and oxygen atoms in total. The average Bonchev–Trinajstić information content (AvgIpc) is 2.78. The van der Waals surface area contributed by atoms with Crippen molar-refractivity contribution in [2.24, 2.45) is 0 Å². The van der Waals surface area contributed by atoms with Gasteiger partial charge in [0.2, 0.25) is 0 Å². The van der Waals surface area contributed by atoms with Crippen molar-refractivity contribution in [3.05, 3.63) is 86.1 Å². The molecule has 0 aliphatic carbocycles. The summed E-state index contributed by atoms with van der Waals surface area (Å²) < 4.78 is 6.73. The topological polar surface area (TPSA) is 110 Å². The van der Waals surface area contributed by atoms with Crippen LogP contribution >= 0.6 is 0 Å². The maximum absolute atomic E-state index is 13.6. The molecule has 3 aromatic rings. The van der Waals surface area contributed by atoms with Crippen molar-refractivity contribution < 1.29 is 9.53 Å². The smallest absolute Gasteiger partial charge is 0.330 e. The van der Waals surface area contributed by atoms with E-state index in [0.29, 0.717) is 29.8 Å². The molecular formula is C24H28N4O4. The van der Waals surface area contributed by atoms with Crippen molar-refractivity contribution in [1.29, 1.82) is 0 Å². The van der Waals surface area contributed by atoms with E-state index in [1.165, 1.54) is 16.6 Å². The largest absolute Gasteiger partial charge is 0.496 e. The van der Waals surface area contributed by atoms with Crippen molar-refractivity contribution in [1.82, 2.24) is 9.55 Å². The monoisotopic (exact) mass is 436 g/mol. The van der Waals surface area contributed by atoms with Gasteiger partial charge in [0, 0.05) is 17.7 Å². The number of hydrogen-bond donors (Lipinski definition) is 2. The fourth-order valence-electron chi connectivity index (χ4n) is 3.48. The third kappa shape index (κ3) is 4.74. The van der Waals surface area contributed by atoms with Gasteiger partial charge in [0.25, 0.3) is 11.5 Å². The third-order valence-electron chi connectivity index (χ3n) is 5.28. The molecule has 2 aromatic carbocycles. The molecule has 0 fully saturated rings. The Bertz CT molecular complexity index is 1210. The highest BCUT2D eigenvalue weighted by Crippen LogP contribution is 2.26. The molecule has 1 aromatic heterocycles. The number of unbranched alkanes of at least 4 members (excludes halogenated alkanes) is 1. The maximum atomic E-state index is 13.6. The van der Waals surface area contributed by atoms with E-state index in [-0.39, 0.29) is 18.1 Å². The number of anilines is 2. The number of nitrogen functional groups attached to an aromatic ring is 1. The Morgan fingerprint density at radius 2 is 1.81 bits per heavy atom. The molecule has 8 heteroatoms. The summed E-state index contributed by atoms with van der Waals surface area (Å²) in [6.07, 6.45) is 1.54. The van der Waals surface area contributed by atoms with Gasteiger partial charge in [0.05, 0.1) is 13.7 Å². The lowest BCUT2D eigenvalue weighted by Gasteiger charge is -2.25. The SMILES string of the molecule is CCCCn1c(N)c(N(Cc2ccccc2OC)C(=O)c2ccc(C)cc2)c(=O)[nH]c1=O. The number of nitrogens with one attached hydrogen (secondary N) is 1. The number of ether oxygens (including phenoxy) is 1. The van der Waals surface area contributed by atoms with Gasteiger partial charge in [0.15, 0.2) is 5.69 Å². The Labute approximate surface area is 186 Å². The zero-order valence-corrected chi connectivity index (χ0v) is 18.6. The molecule has 0 spiro atoms. The van der Waals surface area contributed by atoms with Gasteiger partial charge in [-0.15, -0.1) is 0 Å². The number of nitrogens with zero attached hydrogens (tertiary/aromatic N) is 2. The van der Waals surface area contributed by atoms with Gasteiger partial charge in [-0.2, -0.15) is 0 Å². The highest BCUT2D eigenvalue weighted by molar-refractivity contribution is 6.07. The molecule has 0 radical (unpaired) electrons. The minimum atomic E-state index is -0.712. The molecule has 3 N–H and O–H groups in total. The van der Waals surface area contributed by atoms with Crippen molar-refractivity contribution in [3.63, 3.8) is 0 Å². The van der Waals surface area contributed by atoms with Gasteiger partial charge in [0.1, 0.15) is 11.6 Å². The van der Waals surface area contributed by atoms with Crippen LogP contribution < -0.4 is 26.6 Å². The molecule has 32 heavy (non-hydrogen) atoms. The summed E-state index contributed by atoms with van der Waals surface area (Å²) in [5.74, 6) is 0.125. The molecule has 3 rings (SSSR count). The Morgan fingerprint density at radius 1 is 1.12 bits per heavy atom. The molecule has 0 saturated heterocycles. The summed E-state index contributed by atoms with van der Waals surface area (Å²) >= 11 is 0. The van der Waals surface area contributed by atoms with E-state index in [1.54, 1.807) is 18.2 Å². The average molecular weight is 437 g/mol. The van der Waals surface area contributed by atoms with Gasteiger partial charge in [-0.1, -0.05) is 49.2 Å². The van der Waals surface area contributed by atoms with E-state index in [1.807, 2.05) is 44.2 Å². The second-order valence-electron chi connectivity index (χ2n) is 7.57. The molecule has 0 aliphatic rings. The Balaban J connectivity index is 2.18. The first kappa shape index (κ1) is 22.9. The predicted molar refractivity (Wildman–Crippen MR) is 125 cm³/mol. The zero-order valence-electron chi connectivity index (χ0n) is 18.6. The van der Waals surface area contributed by atoms with Crippen LogP contribution in [0.3, 0.4) is 0 Å². The zero-order chi connectivity index (χ0) is 23.3. The number of aromatic amines is 1. The molecule has 0 saturated carbocycles. The highest BCUT2D eigenvalue weighted by atomic mass is 16.5. The van der Waals surface area contributed by atoms with Crippen LogP contribution in [0.25, 0.3) is 0 Å². The summed E-state index contributed by atoms with van der Waals surface area (Å²) in [6.45, 7) is 4.29.